The molecule has 0 spiro atoms. The Balaban J connectivity index is 1.99. The molecule has 0 unspecified atom stereocenters. The maximum absolute atomic E-state index is 12.4. The fourth-order valence-corrected chi connectivity index (χ4v) is 3.85. The number of nitrogens with one attached hydrogen (secondary N) is 1. The number of benzene rings is 1. The zero-order valence-electron chi connectivity index (χ0n) is 13.3. The second kappa shape index (κ2) is 7.61. The largest absolute Gasteiger partial charge is 0.339 e. The van der Waals surface area contributed by atoms with Gasteiger partial charge in [-0.2, -0.15) is 4.72 Å². The van der Waals surface area contributed by atoms with Gasteiger partial charge >= 0.3 is 0 Å². The molecule has 2 rings (SSSR count). The summed E-state index contributed by atoms with van der Waals surface area (Å²) in [6.07, 6.45) is 0. The van der Waals surface area contributed by atoms with Crippen LogP contribution in [0, 0.1) is 0 Å². The van der Waals surface area contributed by atoms with Gasteiger partial charge in [0.05, 0.1) is 10.9 Å². The van der Waals surface area contributed by atoms with E-state index in [1.165, 1.54) is 24.3 Å². The molecule has 1 saturated heterocycles. The molecule has 0 aliphatic carbocycles. The van der Waals surface area contributed by atoms with Crippen molar-refractivity contribution in [2.75, 3.05) is 32.7 Å². The summed E-state index contributed by atoms with van der Waals surface area (Å²) in [5, 5.41) is 0.460. The molecule has 0 aromatic heterocycles. The fraction of sp³-hybridized carbons (Fsp3) is 0.533. The van der Waals surface area contributed by atoms with E-state index in [-0.39, 0.29) is 10.8 Å². The fourth-order valence-electron chi connectivity index (χ4n) is 2.52. The third-order valence-electron chi connectivity index (χ3n) is 3.96. The molecule has 8 heteroatoms. The summed E-state index contributed by atoms with van der Waals surface area (Å²) in [5.41, 5.74) is 0. The minimum absolute atomic E-state index is 0.0948. The number of piperazine rings is 1. The maximum Gasteiger partial charge on any atom is 0.241 e. The molecule has 0 saturated carbocycles. The van der Waals surface area contributed by atoms with Gasteiger partial charge < -0.3 is 9.80 Å². The van der Waals surface area contributed by atoms with E-state index in [0.29, 0.717) is 18.1 Å². The second-order valence-electron chi connectivity index (χ2n) is 5.56. The van der Waals surface area contributed by atoms with Crippen LogP contribution in [0.25, 0.3) is 0 Å². The van der Waals surface area contributed by atoms with Gasteiger partial charge in [-0.05, 0) is 37.7 Å². The monoisotopic (exact) mass is 359 g/mol. The molecule has 6 nitrogen and oxygen atoms in total. The summed E-state index contributed by atoms with van der Waals surface area (Å²) >= 11 is 5.76. The van der Waals surface area contributed by atoms with Crippen LogP contribution in [0.5, 0.6) is 0 Å². The van der Waals surface area contributed by atoms with E-state index >= 15 is 0 Å². The molecule has 1 atom stereocenters. The summed E-state index contributed by atoms with van der Waals surface area (Å²) in [6.45, 7) is 7.50. The van der Waals surface area contributed by atoms with Crippen LogP contribution in [-0.4, -0.2) is 62.9 Å². The molecule has 1 heterocycles. The number of likely N-dealkylation sites (N-methyl/N-ethyl adjacent to an activating group) is 1. The molecule has 0 bridgehead atoms. The molecular formula is C15H22ClN3O3S. The lowest BCUT2D eigenvalue weighted by molar-refractivity contribution is -0.134. The molecule has 128 valence electrons. The summed E-state index contributed by atoms with van der Waals surface area (Å²) in [4.78, 5) is 16.5. The average Bonchev–Trinajstić information content (AvgIpc) is 2.54. The Labute approximate surface area is 142 Å². The zero-order valence-corrected chi connectivity index (χ0v) is 14.9. The molecule has 1 aromatic carbocycles. The lowest BCUT2D eigenvalue weighted by Gasteiger charge is -2.35. The van der Waals surface area contributed by atoms with Crippen molar-refractivity contribution >= 4 is 27.5 Å². The number of hydrogen-bond acceptors (Lipinski definition) is 4. The third-order valence-corrected chi connectivity index (χ3v) is 5.77. The molecule has 1 aliphatic rings. The predicted octanol–water partition coefficient (Wildman–Crippen LogP) is 1.17. The first-order valence-electron chi connectivity index (χ1n) is 7.62. The first kappa shape index (κ1) is 18.2. The van der Waals surface area contributed by atoms with Crippen LogP contribution >= 0.6 is 11.6 Å². The van der Waals surface area contributed by atoms with E-state index in [1.807, 2.05) is 0 Å². The lowest BCUT2D eigenvalue weighted by Crippen LogP contribution is -2.54. The van der Waals surface area contributed by atoms with Gasteiger partial charge in [0.1, 0.15) is 0 Å². The van der Waals surface area contributed by atoms with Crippen LogP contribution in [-0.2, 0) is 14.8 Å². The van der Waals surface area contributed by atoms with Gasteiger partial charge in [0.15, 0.2) is 0 Å². The number of carbonyl (C=O) groups excluding carboxylic acids is 1. The second-order valence-corrected chi connectivity index (χ2v) is 7.71. The van der Waals surface area contributed by atoms with Crippen LogP contribution in [0.4, 0.5) is 0 Å². The van der Waals surface area contributed by atoms with E-state index < -0.39 is 16.1 Å². The molecule has 23 heavy (non-hydrogen) atoms. The Morgan fingerprint density at radius 3 is 2.30 bits per heavy atom. The highest BCUT2D eigenvalue weighted by atomic mass is 35.5. The Morgan fingerprint density at radius 1 is 1.22 bits per heavy atom. The third kappa shape index (κ3) is 4.67. The first-order chi connectivity index (χ1) is 10.8. The van der Waals surface area contributed by atoms with Gasteiger partial charge in [-0.25, -0.2) is 8.42 Å². The van der Waals surface area contributed by atoms with Crippen LogP contribution in [0.15, 0.2) is 29.2 Å². The number of halogens is 1. The van der Waals surface area contributed by atoms with Crippen LogP contribution in [0.3, 0.4) is 0 Å². The van der Waals surface area contributed by atoms with Crippen molar-refractivity contribution in [2.45, 2.75) is 24.8 Å². The van der Waals surface area contributed by atoms with Gasteiger partial charge in [0.2, 0.25) is 15.9 Å². The van der Waals surface area contributed by atoms with Crippen molar-refractivity contribution in [2.24, 2.45) is 0 Å². The van der Waals surface area contributed by atoms with Crippen molar-refractivity contribution in [3.05, 3.63) is 29.3 Å². The van der Waals surface area contributed by atoms with Crippen LogP contribution < -0.4 is 4.72 Å². The Hall–Kier alpha value is -1.15. The maximum atomic E-state index is 12.4. The van der Waals surface area contributed by atoms with E-state index in [2.05, 4.69) is 16.5 Å². The number of amides is 1. The van der Waals surface area contributed by atoms with E-state index in [9.17, 15) is 13.2 Å². The summed E-state index contributed by atoms with van der Waals surface area (Å²) in [5.74, 6) is -0.196. The summed E-state index contributed by atoms with van der Waals surface area (Å²) in [6, 6.07) is 5.05. The minimum atomic E-state index is -3.74. The van der Waals surface area contributed by atoms with Crippen LogP contribution in [0.2, 0.25) is 5.02 Å². The molecule has 1 amide bonds. The van der Waals surface area contributed by atoms with Gasteiger partial charge in [-0.1, -0.05) is 18.5 Å². The van der Waals surface area contributed by atoms with Crippen molar-refractivity contribution < 1.29 is 13.2 Å². The van der Waals surface area contributed by atoms with Gasteiger partial charge in [0.25, 0.3) is 0 Å². The predicted molar refractivity (Wildman–Crippen MR) is 89.9 cm³/mol. The Kier molecular flexibility index (Phi) is 6.02. The van der Waals surface area contributed by atoms with Crippen molar-refractivity contribution in [3.8, 4) is 0 Å². The SMILES string of the molecule is CCN1CCN(C(=O)[C@H](C)NS(=O)(=O)c2ccc(Cl)cc2)CC1. The first-order valence-corrected chi connectivity index (χ1v) is 9.48. The highest BCUT2D eigenvalue weighted by Gasteiger charge is 2.27. The van der Waals surface area contributed by atoms with E-state index in [1.54, 1.807) is 11.8 Å². The number of rotatable bonds is 5. The van der Waals surface area contributed by atoms with Crippen LogP contribution in [0.1, 0.15) is 13.8 Å². The highest BCUT2D eigenvalue weighted by Crippen LogP contribution is 2.14. The molecular weight excluding hydrogens is 338 g/mol. The van der Waals surface area contributed by atoms with Crippen molar-refractivity contribution in [1.82, 2.24) is 14.5 Å². The van der Waals surface area contributed by atoms with E-state index in [4.69, 9.17) is 11.6 Å². The van der Waals surface area contributed by atoms with Gasteiger partial charge in [-0.3, -0.25) is 4.79 Å². The highest BCUT2D eigenvalue weighted by molar-refractivity contribution is 7.89. The Bertz CT molecular complexity index is 640. The molecule has 1 aromatic rings. The zero-order chi connectivity index (χ0) is 17.0. The van der Waals surface area contributed by atoms with Gasteiger partial charge in [0, 0.05) is 31.2 Å². The quantitative estimate of drug-likeness (QED) is 0.856. The Morgan fingerprint density at radius 2 is 1.78 bits per heavy atom. The number of carbonyl (C=O) groups is 1. The normalized spacial score (nSPS) is 18.0. The molecule has 0 radical (unpaired) electrons. The number of hydrogen-bond donors (Lipinski definition) is 1. The standard InChI is InChI=1S/C15H22ClN3O3S/c1-3-18-8-10-19(11-9-18)15(20)12(2)17-23(21,22)14-6-4-13(16)5-7-14/h4-7,12,17H,3,8-11H2,1-2H3/t12-/m0/s1. The molecule has 1 N–H and O–H groups in total. The van der Waals surface area contributed by atoms with Crippen molar-refractivity contribution in [1.29, 1.82) is 0 Å². The van der Waals surface area contributed by atoms with E-state index in [0.717, 1.165) is 19.6 Å². The molecule has 1 fully saturated rings. The summed E-state index contributed by atoms with van der Waals surface area (Å²) in [7, 11) is -3.74. The topological polar surface area (TPSA) is 69.7 Å². The van der Waals surface area contributed by atoms with Crippen molar-refractivity contribution in [3.63, 3.8) is 0 Å². The lowest BCUT2D eigenvalue weighted by atomic mass is 10.2. The number of nitrogens with zero attached hydrogens (tertiary/aromatic N) is 2. The minimum Gasteiger partial charge on any atom is -0.339 e. The smallest absolute Gasteiger partial charge is 0.241 e. The average molecular weight is 360 g/mol. The van der Waals surface area contributed by atoms with Gasteiger partial charge in [-0.15, -0.1) is 0 Å². The molecule has 1 aliphatic heterocycles. The number of sulfonamides is 1. The summed E-state index contributed by atoms with van der Waals surface area (Å²) < 4.78 is 27.1.